The minimum absolute atomic E-state index is 0.0935. The van der Waals surface area contributed by atoms with Gasteiger partial charge in [-0.2, -0.15) is 0 Å². The van der Waals surface area contributed by atoms with E-state index in [0.29, 0.717) is 12.8 Å². The van der Waals surface area contributed by atoms with Gasteiger partial charge in [-0.15, -0.1) is 6.58 Å². The molecule has 0 N–H and O–H groups in total. The number of piperidine rings is 1. The van der Waals surface area contributed by atoms with Crippen molar-refractivity contribution in [3.8, 4) is 5.75 Å². The van der Waals surface area contributed by atoms with Crippen molar-refractivity contribution in [3.63, 3.8) is 0 Å². The van der Waals surface area contributed by atoms with Gasteiger partial charge in [-0.25, -0.2) is 0 Å². The van der Waals surface area contributed by atoms with Crippen molar-refractivity contribution in [3.05, 3.63) is 35.4 Å². The number of unbranched alkanes of at least 4 members (excludes halogenated alkanes) is 1. The molecule has 1 aromatic carbocycles. The zero-order chi connectivity index (χ0) is 24.1. The molecule has 1 saturated heterocycles. The Morgan fingerprint density at radius 2 is 1.81 bits per heavy atom. The van der Waals surface area contributed by atoms with Gasteiger partial charge in [0.1, 0.15) is 12.0 Å². The number of hydrogen-bond acceptors (Lipinski definition) is 4. The van der Waals surface area contributed by atoms with Gasteiger partial charge < -0.3 is 14.4 Å². The van der Waals surface area contributed by atoms with Crippen LogP contribution >= 0.6 is 0 Å². The standard InChI is InChI=1S/C22H29NO3.C4H10.C2H6/c1-15(2)7-8-16(14-24)18-13-19-20(22(18)25)11-17(12-21(19)26-3)23-9-5-4-6-10-23;1-3-4-2;1-2/h11-12,14,16,18H,1,4-10,13H2,2-3H3;3-4H2,1-2H3;1-2H3. The number of ketones is 1. The Morgan fingerprint density at radius 3 is 2.31 bits per heavy atom. The van der Waals surface area contributed by atoms with Gasteiger partial charge in [0.05, 0.1) is 7.11 Å². The van der Waals surface area contributed by atoms with Crippen molar-refractivity contribution in [2.75, 3.05) is 25.1 Å². The Bertz CT molecular complexity index is 732. The second kappa shape index (κ2) is 14.9. The summed E-state index contributed by atoms with van der Waals surface area (Å²) < 4.78 is 5.62. The molecule has 1 aliphatic carbocycles. The van der Waals surface area contributed by atoms with Gasteiger partial charge in [-0.05, 0) is 51.5 Å². The predicted molar refractivity (Wildman–Crippen MR) is 136 cm³/mol. The summed E-state index contributed by atoms with van der Waals surface area (Å²) in [5.74, 6) is 0.349. The Balaban J connectivity index is 0.000000769. The van der Waals surface area contributed by atoms with Gasteiger partial charge >= 0.3 is 0 Å². The highest BCUT2D eigenvalue weighted by atomic mass is 16.5. The van der Waals surface area contributed by atoms with E-state index >= 15 is 0 Å². The maximum atomic E-state index is 13.1. The van der Waals surface area contributed by atoms with Gasteiger partial charge in [0.15, 0.2) is 5.78 Å². The van der Waals surface area contributed by atoms with Crippen LogP contribution < -0.4 is 9.64 Å². The van der Waals surface area contributed by atoms with E-state index in [-0.39, 0.29) is 17.6 Å². The summed E-state index contributed by atoms with van der Waals surface area (Å²) >= 11 is 0. The molecule has 4 nitrogen and oxygen atoms in total. The first-order valence-corrected chi connectivity index (χ1v) is 12.6. The average molecular weight is 444 g/mol. The van der Waals surface area contributed by atoms with Gasteiger partial charge in [-0.3, -0.25) is 4.79 Å². The van der Waals surface area contributed by atoms with Crippen molar-refractivity contribution in [1.82, 2.24) is 0 Å². The van der Waals surface area contributed by atoms with Crippen LogP contribution in [0.3, 0.4) is 0 Å². The zero-order valence-electron chi connectivity index (χ0n) is 21.3. The number of Topliss-reactive ketones (excluding diaryl/α,β-unsaturated/α-hetero) is 1. The molecule has 4 heteroatoms. The fourth-order valence-electron chi connectivity index (χ4n) is 4.21. The molecule has 1 heterocycles. The SMILES string of the molecule is C=C(C)CCC(C=O)C1Cc2c(OC)cc(N3CCCCC3)cc2C1=O.CC.CCCC. The highest BCUT2D eigenvalue weighted by Gasteiger charge is 2.38. The van der Waals surface area contributed by atoms with Crippen LogP contribution in [0.25, 0.3) is 0 Å². The van der Waals surface area contributed by atoms with Crippen LogP contribution in [0.1, 0.15) is 95.5 Å². The van der Waals surface area contributed by atoms with Crippen molar-refractivity contribution in [1.29, 1.82) is 0 Å². The number of rotatable bonds is 8. The lowest BCUT2D eigenvalue weighted by Crippen LogP contribution is -2.29. The van der Waals surface area contributed by atoms with Crippen molar-refractivity contribution >= 4 is 17.8 Å². The van der Waals surface area contributed by atoms with E-state index in [4.69, 9.17) is 4.74 Å². The number of nitrogens with zero attached hydrogens (tertiary/aromatic N) is 1. The van der Waals surface area contributed by atoms with Crippen LogP contribution in [0.4, 0.5) is 5.69 Å². The maximum absolute atomic E-state index is 13.1. The van der Waals surface area contributed by atoms with Crippen LogP contribution in [-0.4, -0.2) is 32.3 Å². The summed E-state index contributed by atoms with van der Waals surface area (Å²) in [7, 11) is 1.66. The number of fused-ring (bicyclic) bond motifs is 1. The minimum atomic E-state index is -0.271. The molecular weight excluding hydrogens is 398 g/mol. The monoisotopic (exact) mass is 443 g/mol. The average Bonchev–Trinajstić information content (AvgIpc) is 3.17. The topological polar surface area (TPSA) is 46.6 Å². The van der Waals surface area contributed by atoms with Crippen LogP contribution in [0.2, 0.25) is 0 Å². The molecule has 180 valence electrons. The molecule has 2 unspecified atom stereocenters. The Kier molecular flexibility index (Phi) is 13.0. The van der Waals surface area contributed by atoms with Gasteiger partial charge in [-0.1, -0.05) is 46.1 Å². The maximum Gasteiger partial charge on any atom is 0.167 e. The third kappa shape index (κ3) is 7.50. The third-order valence-corrected chi connectivity index (χ3v) is 6.26. The van der Waals surface area contributed by atoms with Crippen molar-refractivity contribution in [2.24, 2.45) is 11.8 Å². The number of carbonyl (C=O) groups excluding carboxylic acids is 2. The molecule has 2 atom stereocenters. The number of methoxy groups -OCH3 is 1. The van der Waals surface area contributed by atoms with Gasteiger partial charge in [0.2, 0.25) is 0 Å². The number of ether oxygens (including phenoxy) is 1. The first kappa shape index (κ1) is 27.9. The van der Waals surface area contributed by atoms with Crippen LogP contribution in [-0.2, 0) is 11.2 Å². The molecule has 1 aliphatic heterocycles. The van der Waals surface area contributed by atoms with E-state index in [9.17, 15) is 9.59 Å². The number of carbonyl (C=O) groups is 2. The summed E-state index contributed by atoms with van der Waals surface area (Å²) in [6.45, 7) is 16.3. The summed E-state index contributed by atoms with van der Waals surface area (Å²) in [5, 5.41) is 0. The number of allylic oxidation sites excluding steroid dienone is 1. The number of benzene rings is 1. The predicted octanol–water partition coefficient (Wildman–Crippen LogP) is 7.04. The third-order valence-electron chi connectivity index (χ3n) is 6.26. The van der Waals surface area contributed by atoms with E-state index in [2.05, 4.69) is 31.4 Å². The van der Waals surface area contributed by atoms with E-state index in [1.54, 1.807) is 7.11 Å². The molecule has 3 rings (SSSR count). The number of anilines is 1. The Morgan fingerprint density at radius 1 is 1.19 bits per heavy atom. The Labute approximate surface area is 196 Å². The lowest BCUT2D eigenvalue weighted by atomic mass is 9.86. The smallest absolute Gasteiger partial charge is 0.167 e. The second-order valence-electron chi connectivity index (χ2n) is 8.69. The van der Waals surface area contributed by atoms with E-state index in [0.717, 1.165) is 53.9 Å². The van der Waals surface area contributed by atoms with Crippen LogP contribution in [0.15, 0.2) is 24.3 Å². The van der Waals surface area contributed by atoms with Gasteiger partial charge in [0, 0.05) is 47.8 Å². The summed E-state index contributed by atoms with van der Waals surface area (Å²) in [4.78, 5) is 27.1. The van der Waals surface area contributed by atoms with Crippen LogP contribution in [0.5, 0.6) is 5.75 Å². The number of hydrogen-bond donors (Lipinski definition) is 0. The quantitative estimate of drug-likeness (QED) is 0.319. The minimum Gasteiger partial charge on any atom is -0.496 e. The summed E-state index contributed by atoms with van der Waals surface area (Å²) in [5.41, 5.74) is 3.83. The van der Waals surface area contributed by atoms with E-state index in [1.165, 1.54) is 32.1 Å². The molecule has 1 aromatic rings. The molecule has 0 saturated carbocycles. The van der Waals surface area contributed by atoms with Crippen LogP contribution in [0, 0.1) is 11.8 Å². The van der Waals surface area contributed by atoms with E-state index < -0.39 is 0 Å². The van der Waals surface area contributed by atoms with Crippen molar-refractivity contribution in [2.45, 2.75) is 86.0 Å². The first-order valence-electron chi connectivity index (χ1n) is 12.6. The van der Waals surface area contributed by atoms with Gasteiger partial charge in [0.25, 0.3) is 0 Å². The second-order valence-corrected chi connectivity index (χ2v) is 8.69. The highest BCUT2D eigenvalue weighted by Crippen LogP contribution is 2.41. The highest BCUT2D eigenvalue weighted by molar-refractivity contribution is 6.05. The zero-order valence-corrected chi connectivity index (χ0v) is 21.3. The molecule has 0 amide bonds. The molecule has 1 fully saturated rings. The fraction of sp³-hybridized carbons (Fsp3) is 0.643. The number of aldehydes is 1. The largest absolute Gasteiger partial charge is 0.496 e. The molecule has 0 radical (unpaired) electrons. The summed E-state index contributed by atoms with van der Waals surface area (Å²) in [6, 6.07) is 4.08. The Hall–Kier alpha value is -2.10. The fourth-order valence-corrected chi connectivity index (χ4v) is 4.21. The normalized spacial score (nSPS) is 17.9. The first-order chi connectivity index (χ1) is 15.5. The summed E-state index contributed by atoms with van der Waals surface area (Å²) in [6.07, 6.45) is 9.29. The molecule has 0 bridgehead atoms. The molecule has 0 aromatic heterocycles. The lowest BCUT2D eigenvalue weighted by Gasteiger charge is -2.29. The molecule has 0 spiro atoms. The van der Waals surface area contributed by atoms with E-state index in [1.807, 2.05) is 26.8 Å². The lowest BCUT2D eigenvalue weighted by molar-refractivity contribution is -0.112. The molecule has 32 heavy (non-hydrogen) atoms. The molecule has 2 aliphatic rings. The molecular formula is C28H45NO3. The van der Waals surface area contributed by atoms with Crippen molar-refractivity contribution < 1.29 is 14.3 Å².